The number of rotatable bonds is 9. The van der Waals surface area contributed by atoms with Gasteiger partial charge >= 0.3 is 0 Å². The zero-order valence-electron chi connectivity index (χ0n) is 19.5. The summed E-state index contributed by atoms with van der Waals surface area (Å²) < 4.78 is 53.1. The molecule has 0 fully saturated rings. The predicted molar refractivity (Wildman–Crippen MR) is 142 cm³/mol. The number of furan rings is 1. The lowest BCUT2D eigenvalue weighted by Gasteiger charge is -2.18. The molecule has 11 heteroatoms. The Morgan fingerprint density at radius 2 is 2.03 bits per heavy atom. The number of hydrogen-bond acceptors (Lipinski definition) is 6. The molecule has 0 radical (unpaired) electrons. The van der Waals surface area contributed by atoms with Crippen molar-refractivity contribution in [2.24, 2.45) is 0 Å². The Labute approximate surface area is 218 Å². The molecule has 2 aromatic carbocycles. The van der Waals surface area contributed by atoms with Crippen LogP contribution in [-0.4, -0.2) is 19.2 Å². The van der Waals surface area contributed by atoms with Crippen LogP contribution >= 0.6 is 23.2 Å². The zero-order valence-corrected chi connectivity index (χ0v) is 21.8. The first-order chi connectivity index (χ1) is 17.1. The SMILES string of the molecule is CCCCS(=O)(=O)Nc1cccc(-c2coc3c(O[C@H](C)c4c(Cl)ccc(F)c4Cl)c(N)ncc23)c1. The Morgan fingerprint density at radius 1 is 1.25 bits per heavy atom. The van der Waals surface area contributed by atoms with Crippen molar-refractivity contribution in [1.82, 2.24) is 4.98 Å². The zero-order chi connectivity index (χ0) is 26.0. The first-order valence-electron chi connectivity index (χ1n) is 11.2. The van der Waals surface area contributed by atoms with Gasteiger partial charge in [0.2, 0.25) is 15.8 Å². The van der Waals surface area contributed by atoms with Gasteiger partial charge in [-0.15, -0.1) is 0 Å². The summed E-state index contributed by atoms with van der Waals surface area (Å²) in [5.41, 5.74) is 8.47. The van der Waals surface area contributed by atoms with Crippen LogP contribution in [0.1, 0.15) is 38.4 Å². The minimum Gasteiger partial charge on any atom is -0.478 e. The Kier molecular flexibility index (Phi) is 7.63. The minimum absolute atomic E-state index is 0.0454. The molecule has 0 unspecified atom stereocenters. The average Bonchev–Trinajstić information content (AvgIpc) is 3.26. The number of sulfonamides is 1. The summed E-state index contributed by atoms with van der Waals surface area (Å²) in [4.78, 5) is 4.23. The van der Waals surface area contributed by atoms with Crippen LogP contribution in [0.15, 0.2) is 53.3 Å². The molecule has 190 valence electrons. The number of aromatic nitrogens is 1. The molecular weight excluding hydrogens is 528 g/mol. The van der Waals surface area contributed by atoms with E-state index in [4.69, 9.17) is 38.1 Å². The fourth-order valence-corrected chi connectivity index (χ4v) is 5.72. The smallest absolute Gasteiger partial charge is 0.232 e. The second-order valence-electron chi connectivity index (χ2n) is 8.24. The third kappa shape index (κ3) is 5.38. The number of nitrogens with zero attached hydrogens (tertiary/aromatic N) is 1. The highest BCUT2D eigenvalue weighted by Crippen LogP contribution is 2.41. The van der Waals surface area contributed by atoms with Gasteiger partial charge in [0.15, 0.2) is 11.4 Å². The summed E-state index contributed by atoms with van der Waals surface area (Å²) >= 11 is 12.4. The van der Waals surface area contributed by atoms with Crippen LogP contribution < -0.4 is 15.2 Å². The van der Waals surface area contributed by atoms with Gasteiger partial charge in [0, 0.05) is 28.0 Å². The lowest BCUT2D eigenvalue weighted by Crippen LogP contribution is -2.16. The molecule has 7 nitrogen and oxygen atoms in total. The van der Waals surface area contributed by atoms with Crippen LogP contribution in [0, 0.1) is 5.82 Å². The second kappa shape index (κ2) is 10.5. The molecule has 0 amide bonds. The average molecular weight is 552 g/mol. The van der Waals surface area contributed by atoms with Crippen molar-refractivity contribution in [3.05, 3.63) is 70.3 Å². The van der Waals surface area contributed by atoms with Gasteiger partial charge in [-0.3, -0.25) is 4.72 Å². The van der Waals surface area contributed by atoms with Crippen LogP contribution in [0.4, 0.5) is 15.9 Å². The highest BCUT2D eigenvalue weighted by atomic mass is 35.5. The fourth-order valence-electron chi connectivity index (χ4n) is 3.78. The van der Waals surface area contributed by atoms with Gasteiger partial charge < -0.3 is 14.9 Å². The number of halogens is 3. The number of unbranched alkanes of at least 4 members (excludes halogenated alkanes) is 1. The van der Waals surface area contributed by atoms with Crippen molar-refractivity contribution in [3.8, 4) is 16.9 Å². The molecule has 36 heavy (non-hydrogen) atoms. The maximum Gasteiger partial charge on any atom is 0.232 e. The van der Waals surface area contributed by atoms with Crippen LogP contribution in [-0.2, 0) is 10.0 Å². The summed E-state index contributed by atoms with van der Waals surface area (Å²) in [6.07, 6.45) is 3.63. The number of nitrogens with two attached hydrogens (primary N) is 1. The summed E-state index contributed by atoms with van der Waals surface area (Å²) in [5, 5.41) is 0.687. The number of fused-ring (bicyclic) bond motifs is 1. The molecule has 0 saturated carbocycles. The number of anilines is 2. The first kappa shape index (κ1) is 26.1. The van der Waals surface area contributed by atoms with Crippen molar-refractivity contribution in [3.63, 3.8) is 0 Å². The maximum atomic E-state index is 14.0. The van der Waals surface area contributed by atoms with Crippen LogP contribution in [0.25, 0.3) is 22.1 Å². The van der Waals surface area contributed by atoms with Gasteiger partial charge in [-0.05, 0) is 43.2 Å². The van der Waals surface area contributed by atoms with Crippen molar-refractivity contribution >= 4 is 55.7 Å². The number of nitrogen functional groups attached to an aromatic ring is 1. The van der Waals surface area contributed by atoms with Gasteiger partial charge in [0.05, 0.1) is 22.4 Å². The van der Waals surface area contributed by atoms with E-state index in [0.717, 1.165) is 6.42 Å². The Balaban J connectivity index is 1.69. The van der Waals surface area contributed by atoms with Crippen molar-refractivity contribution < 1.29 is 22.0 Å². The summed E-state index contributed by atoms with van der Waals surface area (Å²) in [6.45, 7) is 3.59. The molecule has 2 aromatic heterocycles. The lowest BCUT2D eigenvalue weighted by molar-refractivity contribution is 0.227. The molecule has 0 spiro atoms. The standard InChI is InChI=1S/C25H24Cl2FN3O4S/c1-3-4-10-36(32,33)31-16-7-5-6-15(11-16)18-13-34-23-17(18)12-30-25(29)24(23)35-14(2)21-19(26)8-9-20(28)22(21)27/h5-9,11-14,31H,3-4,10H2,1-2H3,(H2,29,30)/t14-/m1/s1. The van der Waals surface area contributed by atoms with Gasteiger partial charge in [-0.25, -0.2) is 17.8 Å². The van der Waals surface area contributed by atoms with Gasteiger partial charge in [-0.1, -0.05) is 48.7 Å². The van der Waals surface area contributed by atoms with E-state index in [1.165, 1.54) is 18.4 Å². The quantitative estimate of drug-likeness (QED) is 0.213. The molecule has 0 saturated heterocycles. The third-order valence-electron chi connectivity index (χ3n) is 5.60. The number of benzene rings is 2. The van der Waals surface area contributed by atoms with Gasteiger partial charge in [0.1, 0.15) is 11.9 Å². The Morgan fingerprint density at radius 3 is 2.78 bits per heavy atom. The lowest BCUT2D eigenvalue weighted by atomic mass is 10.1. The highest BCUT2D eigenvalue weighted by Gasteiger charge is 2.23. The molecule has 4 rings (SSSR count). The third-order valence-corrected chi connectivity index (χ3v) is 7.68. The van der Waals surface area contributed by atoms with Crippen molar-refractivity contribution in [2.45, 2.75) is 32.8 Å². The number of pyridine rings is 1. The van der Waals surface area contributed by atoms with Crippen molar-refractivity contribution in [1.29, 1.82) is 0 Å². The molecule has 0 aliphatic rings. The topological polar surface area (TPSA) is 107 Å². The van der Waals surface area contributed by atoms with E-state index in [1.54, 1.807) is 31.3 Å². The molecular formula is C25H24Cl2FN3O4S. The second-order valence-corrected chi connectivity index (χ2v) is 10.9. The van der Waals surface area contributed by atoms with Crippen molar-refractivity contribution in [2.75, 3.05) is 16.2 Å². The monoisotopic (exact) mass is 551 g/mol. The number of ether oxygens (including phenoxy) is 1. The Bertz CT molecular complexity index is 1530. The predicted octanol–water partition coefficient (Wildman–Crippen LogP) is 7.20. The Hall–Kier alpha value is -3.01. The van der Waals surface area contributed by atoms with E-state index in [1.807, 2.05) is 13.0 Å². The van der Waals surface area contributed by atoms with Gasteiger partial charge in [0.25, 0.3) is 0 Å². The fraction of sp³-hybridized carbons (Fsp3) is 0.240. The molecule has 3 N–H and O–H groups in total. The summed E-state index contributed by atoms with van der Waals surface area (Å²) in [5.74, 6) is -0.360. The van der Waals surface area contributed by atoms with E-state index in [0.29, 0.717) is 34.2 Å². The number of hydrogen-bond donors (Lipinski definition) is 2. The first-order valence-corrected chi connectivity index (χ1v) is 13.6. The summed E-state index contributed by atoms with van der Waals surface area (Å²) in [6, 6.07) is 9.51. The minimum atomic E-state index is -3.46. The van der Waals surface area contributed by atoms with Crippen LogP contribution in [0.5, 0.6) is 5.75 Å². The highest BCUT2D eigenvalue weighted by molar-refractivity contribution is 7.92. The molecule has 0 aliphatic carbocycles. The van der Waals surface area contributed by atoms with Crippen LogP contribution in [0.2, 0.25) is 10.0 Å². The van der Waals surface area contributed by atoms with E-state index in [9.17, 15) is 12.8 Å². The molecule has 4 aromatic rings. The van der Waals surface area contributed by atoms with Crippen LogP contribution in [0.3, 0.4) is 0 Å². The molecule has 0 bridgehead atoms. The van der Waals surface area contributed by atoms with E-state index in [2.05, 4.69) is 9.71 Å². The largest absolute Gasteiger partial charge is 0.478 e. The van der Waals surface area contributed by atoms with E-state index >= 15 is 0 Å². The molecule has 1 atom stereocenters. The van der Waals surface area contributed by atoms with E-state index < -0.39 is 21.9 Å². The van der Waals surface area contributed by atoms with E-state index in [-0.39, 0.29) is 32.9 Å². The maximum absolute atomic E-state index is 14.0. The van der Waals surface area contributed by atoms with Gasteiger partial charge in [-0.2, -0.15) is 0 Å². The molecule has 0 aliphatic heterocycles. The summed E-state index contributed by atoms with van der Waals surface area (Å²) in [7, 11) is -3.46. The molecule has 2 heterocycles. The normalized spacial score (nSPS) is 12.6. The number of nitrogens with one attached hydrogen (secondary N) is 1.